The van der Waals surface area contributed by atoms with Crippen molar-refractivity contribution in [1.82, 2.24) is 19.6 Å². The van der Waals surface area contributed by atoms with Crippen molar-refractivity contribution in [3.63, 3.8) is 0 Å². The summed E-state index contributed by atoms with van der Waals surface area (Å²) in [5.41, 5.74) is 2.83. The van der Waals surface area contributed by atoms with E-state index in [1.807, 2.05) is 67.6 Å². The number of nitrogens with zero attached hydrogens (tertiary/aromatic N) is 4. The summed E-state index contributed by atoms with van der Waals surface area (Å²) < 4.78 is 7.13. The van der Waals surface area contributed by atoms with Gasteiger partial charge in [0.05, 0.1) is 48.0 Å². The predicted molar refractivity (Wildman–Crippen MR) is 131 cm³/mol. The molecule has 1 atom stereocenters. The van der Waals surface area contributed by atoms with E-state index >= 15 is 0 Å². The SMILES string of the molecule is Cc1c(/C(O)=C2\C(=O)C(=O)N(CCN3CCOCC3)[C@@H]2c2ccccc2)cnn1-c1ccccc1. The number of benzene rings is 2. The summed E-state index contributed by atoms with van der Waals surface area (Å²) in [5, 5.41) is 15.8. The minimum atomic E-state index is -0.676. The molecule has 180 valence electrons. The van der Waals surface area contributed by atoms with E-state index in [9.17, 15) is 14.7 Å². The number of morpholine rings is 1. The summed E-state index contributed by atoms with van der Waals surface area (Å²) in [6.07, 6.45) is 1.54. The van der Waals surface area contributed by atoms with Crippen LogP contribution < -0.4 is 0 Å². The van der Waals surface area contributed by atoms with Crippen LogP contribution in [0.15, 0.2) is 72.4 Å². The fourth-order valence-corrected chi connectivity index (χ4v) is 4.78. The van der Waals surface area contributed by atoms with Gasteiger partial charge in [-0.3, -0.25) is 14.5 Å². The number of carbonyl (C=O) groups is 2. The zero-order valence-electron chi connectivity index (χ0n) is 19.6. The average Bonchev–Trinajstić information content (AvgIpc) is 3.41. The van der Waals surface area contributed by atoms with Crippen molar-refractivity contribution in [3.8, 4) is 5.69 Å². The molecule has 0 unspecified atom stereocenters. The Morgan fingerprint density at radius 3 is 2.34 bits per heavy atom. The normalized spacial score (nSPS) is 20.5. The Hall–Kier alpha value is -3.75. The Morgan fingerprint density at radius 1 is 1.00 bits per heavy atom. The highest BCUT2D eigenvalue weighted by atomic mass is 16.5. The maximum Gasteiger partial charge on any atom is 0.295 e. The number of hydrogen-bond acceptors (Lipinski definition) is 6. The van der Waals surface area contributed by atoms with Gasteiger partial charge in [0.1, 0.15) is 5.76 Å². The lowest BCUT2D eigenvalue weighted by molar-refractivity contribution is -0.140. The fourth-order valence-electron chi connectivity index (χ4n) is 4.78. The van der Waals surface area contributed by atoms with Gasteiger partial charge < -0.3 is 14.7 Å². The first-order valence-electron chi connectivity index (χ1n) is 11.8. The number of carbonyl (C=O) groups excluding carboxylic acids is 2. The molecule has 2 aromatic carbocycles. The molecule has 1 N–H and O–H groups in total. The molecule has 35 heavy (non-hydrogen) atoms. The smallest absolute Gasteiger partial charge is 0.295 e. The van der Waals surface area contributed by atoms with Gasteiger partial charge in [-0.2, -0.15) is 5.10 Å². The molecule has 0 bridgehead atoms. The first-order valence-corrected chi connectivity index (χ1v) is 11.8. The fraction of sp³-hybridized carbons (Fsp3) is 0.296. The molecule has 0 spiro atoms. The molecule has 0 aliphatic carbocycles. The van der Waals surface area contributed by atoms with E-state index in [1.165, 1.54) is 0 Å². The molecule has 3 heterocycles. The van der Waals surface area contributed by atoms with Gasteiger partial charge in [-0.1, -0.05) is 48.5 Å². The van der Waals surface area contributed by atoms with Crippen molar-refractivity contribution in [1.29, 1.82) is 0 Å². The first-order chi connectivity index (χ1) is 17.1. The lowest BCUT2D eigenvalue weighted by Crippen LogP contribution is -2.42. The molecule has 0 saturated carbocycles. The average molecular weight is 473 g/mol. The van der Waals surface area contributed by atoms with E-state index in [4.69, 9.17) is 4.74 Å². The second kappa shape index (κ2) is 9.85. The molecule has 8 heteroatoms. The highest BCUT2D eigenvalue weighted by Crippen LogP contribution is 2.39. The minimum absolute atomic E-state index is 0.0962. The maximum atomic E-state index is 13.3. The van der Waals surface area contributed by atoms with Crippen molar-refractivity contribution in [2.75, 3.05) is 39.4 Å². The number of aliphatic hydroxyl groups excluding tert-OH is 1. The molecule has 2 aliphatic rings. The van der Waals surface area contributed by atoms with E-state index in [0.717, 1.165) is 24.3 Å². The van der Waals surface area contributed by atoms with E-state index in [0.29, 0.717) is 37.6 Å². The number of aliphatic hydroxyl groups is 1. The Morgan fingerprint density at radius 2 is 1.66 bits per heavy atom. The van der Waals surface area contributed by atoms with Gasteiger partial charge >= 0.3 is 0 Å². The second-order valence-electron chi connectivity index (χ2n) is 8.75. The third-order valence-electron chi connectivity index (χ3n) is 6.68. The van der Waals surface area contributed by atoms with Gasteiger partial charge in [0.2, 0.25) is 0 Å². The lowest BCUT2D eigenvalue weighted by Gasteiger charge is -2.31. The predicted octanol–water partition coefficient (Wildman–Crippen LogP) is 2.93. The third-order valence-corrected chi connectivity index (χ3v) is 6.68. The van der Waals surface area contributed by atoms with Crippen molar-refractivity contribution in [2.45, 2.75) is 13.0 Å². The maximum absolute atomic E-state index is 13.3. The molecular weight excluding hydrogens is 444 g/mol. The van der Waals surface area contributed by atoms with Crippen LogP contribution in [0, 0.1) is 6.92 Å². The van der Waals surface area contributed by atoms with Gasteiger partial charge in [0, 0.05) is 26.2 Å². The van der Waals surface area contributed by atoms with E-state index in [2.05, 4.69) is 10.00 Å². The van der Waals surface area contributed by atoms with Crippen molar-refractivity contribution in [2.24, 2.45) is 0 Å². The molecule has 8 nitrogen and oxygen atoms in total. The zero-order chi connectivity index (χ0) is 24.4. The van der Waals surface area contributed by atoms with Crippen LogP contribution >= 0.6 is 0 Å². The molecule has 3 aromatic rings. The molecule has 1 aromatic heterocycles. The van der Waals surface area contributed by atoms with Gasteiger partial charge in [0.25, 0.3) is 11.7 Å². The number of rotatable bonds is 6. The Bertz CT molecular complexity index is 1250. The minimum Gasteiger partial charge on any atom is -0.507 e. The Labute approximate surface area is 204 Å². The molecule has 0 radical (unpaired) electrons. The van der Waals surface area contributed by atoms with Crippen molar-refractivity contribution < 1.29 is 19.4 Å². The summed E-state index contributed by atoms with van der Waals surface area (Å²) in [4.78, 5) is 30.3. The third kappa shape index (κ3) is 4.38. The van der Waals surface area contributed by atoms with Crippen molar-refractivity contribution in [3.05, 3.63) is 89.3 Å². The summed E-state index contributed by atoms with van der Waals surface area (Å²) >= 11 is 0. The number of para-hydroxylation sites is 1. The Balaban J connectivity index is 1.54. The van der Waals surface area contributed by atoms with Crippen LogP contribution in [0.4, 0.5) is 0 Å². The number of Topliss-reactive ketones (excluding diaryl/α,β-unsaturated/α-hetero) is 1. The highest BCUT2D eigenvalue weighted by molar-refractivity contribution is 6.46. The van der Waals surface area contributed by atoms with E-state index < -0.39 is 17.7 Å². The molecule has 2 saturated heterocycles. The van der Waals surface area contributed by atoms with E-state index in [1.54, 1.807) is 15.8 Å². The number of likely N-dealkylation sites (tertiary alicyclic amines) is 1. The van der Waals surface area contributed by atoms with Crippen LogP contribution in [0.5, 0.6) is 0 Å². The standard InChI is InChI=1S/C27H28N4O4/c1-19-22(18-28-31(19)21-10-6-3-7-11-21)25(32)23-24(20-8-4-2-5-9-20)30(27(34)26(23)33)13-12-29-14-16-35-17-15-29/h2-11,18,24,32H,12-17H2,1H3/b25-23+/t24-/m1/s1. The van der Waals surface area contributed by atoms with Crippen LogP contribution in [-0.4, -0.2) is 75.8 Å². The Kier molecular flexibility index (Phi) is 6.48. The number of amides is 1. The largest absolute Gasteiger partial charge is 0.507 e. The zero-order valence-corrected chi connectivity index (χ0v) is 19.6. The van der Waals surface area contributed by atoms with E-state index in [-0.39, 0.29) is 11.3 Å². The number of hydrogen-bond donors (Lipinski definition) is 1. The summed E-state index contributed by atoms with van der Waals surface area (Å²) in [6, 6.07) is 18.3. The molecule has 2 aliphatic heterocycles. The van der Waals surface area contributed by atoms with Crippen LogP contribution in [0.25, 0.3) is 11.4 Å². The van der Waals surface area contributed by atoms with Crippen LogP contribution in [0.2, 0.25) is 0 Å². The molecular formula is C27H28N4O4. The molecule has 1 amide bonds. The first kappa shape index (κ1) is 23.0. The quantitative estimate of drug-likeness (QED) is 0.337. The second-order valence-corrected chi connectivity index (χ2v) is 8.75. The monoisotopic (exact) mass is 472 g/mol. The van der Waals surface area contributed by atoms with Crippen LogP contribution in [0.3, 0.4) is 0 Å². The topological polar surface area (TPSA) is 87.9 Å². The van der Waals surface area contributed by atoms with Crippen LogP contribution in [0.1, 0.15) is 22.9 Å². The molecule has 2 fully saturated rings. The number of aromatic nitrogens is 2. The van der Waals surface area contributed by atoms with Crippen molar-refractivity contribution >= 4 is 17.4 Å². The highest BCUT2D eigenvalue weighted by Gasteiger charge is 2.46. The van der Waals surface area contributed by atoms with Gasteiger partial charge in [-0.05, 0) is 24.6 Å². The van der Waals surface area contributed by atoms with Gasteiger partial charge in [0.15, 0.2) is 0 Å². The number of ether oxygens (including phenoxy) is 1. The molecule has 5 rings (SSSR count). The van der Waals surface area contributed by atoms with Gasteiger partial charge in [-0.15, -0.1) is 0 Å². The number of ketones is 1. The summed E-state index contributed by atoms with van der Waals surface area (Å²) in [7, 11) is 0. The van der Waals surface area contributed by atoms with Crippen LogP contribution in [-0.2, 0) is 14.3 Å². The summed E-state index contributed by atoms with van der Waals surface area (Å²) in [6.45, 7) is 5.74. The lowest BCUT2D eigenvalue weighted by atomic mass is 9.95. The van der Waals surface area contributed by atoms with Gasteiger partial charge in [-0.25, -0.2) is 4.68 Å². The summed E-state index contributed by atoms with van der Waals surface area (Å²) in [5.74, 6) is -1.47.